The number of amides is 2. The molecule has 0 fully saturated rings. The number of unbranched alkanes of at least 4 members (excludes halogenated alkanes) is 1. The number of nitrogens with one attached hydrogen (secondary N) is 2. The lowest BCUT2D eigenvalue weighted by Gasteiger charge is -2.18. The topological polar surface area (TPSA) is 151 Å². The summed E-state index contributed by atoms with van der Waals surface area (Å²) in [4.78, 5) is 34.7. The van der Waals surface area contributed by atoms with Gasteiger partial charge in [0.1, 0.15) is 19.3 Å². The number of aliphatic hydroxyl groups excluding tert-OH is 1. The molecule has 0 aliphatic rings. The van der Waals surface area contributed by atoms with E-state index in [0.29, 0.717) is 37.1 Å². The Morgan fingerprint density at radius 1 is 1.12 bits per heavy atom. The molecule has 26 heavy (non-hydrogen) atoms. The van der Waals surface area contributed by atoms with Crippen molar-refractivity contribution in [3.05, 3.63) is 29.8 Å². The number of carboxylic acids is 1. The van der Waals surface area contributed by atoms with Gasteiger partial charge in [-0.1, -0.05) is 12.1 Å². The van der Waals surface area contributed by atoms with Crippen LogP contribution in [0.5, 0.6) is 0 Å². The molecule has 1 aromatic carbocycles. The van der Waals surface area contributed by atoms with Gasteiger partial charge in [-0.05, 0) is 43.5 Å². The van der Waals surface area contributed by atoms with E-state index in [1.165, 1.54) is 0 Å². The third-order valence-corrected chi connectivity index (χ3v) is 3.46. The fourth-order valence-corrected chi connectivity index (χ4v) is 2.15. The van der Waals surface area contributed by atoms with Gasteiger partial charge in [-0.15, -0.1) is 0 Å². The summed E-state index contributed by atoms with van der Waals surface area (Å²) < 4.78 is 4.72. The molecule has 6 N–H and O–H groups in total. The lowest BCUT2D eigenvalue weighted by atomic mass is 10.1. The minimum Gasteiger partial charge on any atom is -0.480 e. The van der Waals surface area contributed by atoms with Gasteiger partial charge in [0.15, 0.2) is 0 Å². The number of ether oxygens (including phenoxy) is 1. The number of carboxylic acid groups (broad SMARTS) is 1. The summed E-state index contributed by atoms with van der Waals surface area (Å²) >= 11 is 0. The number of carbonyl (C=O) groups is 3. The summed E-state index contributed by atoms with van der Waals surface area (Å²) in [6, 6.07) is 5.87. The van der Waals surface area contributed by atoms with Gasteiger partial charge in [-0.3, -0.25) is 9.59 Å². The first kappa shape index (κ1) is 21.6. The van der Waals surface area contributed by atoms with Crippen molar-refractivity contribution in [2.75, 3.05) is 25.1 Å². The maximum absolute atomic E-state index is 12.4. The van der Waals surface area contributed by atoms with Crippen molar-refractivity contribution in [2.45, 2.75) is 31.9 Å². The maximum Gasteiger partial charge on any atom is 0.329 e. The molecular formula is C17H25N3O6. The second-order valence-electron chi connectivity index (χ2n) is 5.64. The number of nitrogens with two attached hydrogens (primary N) is 1. The van der Waals surface area contributed by atoms with E-state index >= 15 is 0 Å². The first-order chi connectivity index (χ1) is 12.5. The number of carbonyl (C=O) groups excluding carboxylic acids is 2. The molecule has 0 spiro atoms. The van der Waals surface area contributed by atoms with Gasteiger partial charge < -0.3 is 31.3 Å². The largest absolute Gasteiger partial charge is 0.480 e. The van der Waals surface area contributed by atoms with Crippen molar-refractivity contribution < 1.29 is 29.3 Å². The molecule has 0 saturated carbocycles. The van der Waals surface area contributed by atoms with Crippen LogP contribution in [0.2, 0.25) is 0 Å². The monoisotopic (exact) mass is 367 g/mol. The zero-order chi connectivity index (χ0) is 19.4. The molecule has 144 valence electrons. The fourth-order valence-electron chi connectivity index (χ4n) is 2.15. The fraction of sp³-hybridized carbons (Fsp3) is 0.471. The standard InChI is InChI=1S/C17H25N3O6/c18-8-2-1-3-14(20-15(22)10-26-11-16(23)24)17(25)19-13-6-4-12(9-21)5-7-13/h4-7,14,21H,1-3,8-11,18H2,(H,19,25)(H,20,22)(H,23,24). The van der Waals surface area contributed by atoms with Crippen LogP contribution in [-0.2, 0) is 25.7 Å². The molecule has 1 unspecified atom stereocenters. The highest BCUT2D eigenvalue weighted by Gasteiger charge is 2.20. The van der Waals surface area contributed by atoms with Crippen molar-refractivity contribution in [2.24, 2.45) is 5.73 Å². The molecule has 0 aliphatic heterocycles. The number of aliphatic carboxylic acids is 1. The molecule has 1 rings (SSSR count). The summed E-state index contributed by atoms with van der Waals surface area (Å²) in [7, 11) is 0. The van der Waals surface area contributed by atoms with E-state index in [-0.39, 0.29) is 6.61 Å². The molecule has 9 heteroatoms. The zero-order valence-corrected chi connectivity index (χ0v) is 14.4. The number of anilines is 1. The molecule has 9 nitrogen and oxygen atoms in total. The van der Waals surface area contributed by atoms with Crippen LogP contribution in [0.4, 0.5) is 5.69 Å². The average Bonchev–Trinajstić information content (AvgIpc) is 2.61. The van der Waals surface area contributed by atoms with Crippen LogP contribution in [0.3, 0.4) is 0 Å². The molecule has 1 aromatic rings. The molecule has 0 radical (unpaired) electrons. The highest BCUT2D eigenvalue weighted by atomic mass is 16.5. The highest BCUT2D eigenvalue weighted by Crippen LogP contribution is 2.11. The van der Waals surface area contributed by atoms with Crippen molar-refractivity contribution in [1.82, 2.24) is 5.32 Å². The van der Waals surface area contributed by atoms with Crippen LogP contribution in [0.15, 0.2) is 24.3 Å². The Hall–Kier alpha value is -2.49. The van der Waals surface area contributed by atoms with E-state index in [2.05, 4.69) is 10.6 Å². The molecule has 0 aromatic heterocycles. The number of hydrogen-bond acceptors (Lipinski definition) is 6. The van der Waals surface area contributed by atoms with E-state index in [4.69, 9.17) is 20.7 Å². The van der Waals surface area contributed by atoms with Gasteiger partial charge in [0.05, 0.1) is 6.61 Å². The Balaban J connectivity index is 2.62. The van der Waals surface area contributed by atoms with E-state index in [1.807, 2.05) is 0 Å². The highest BCUT2D eigenvalue weighted by molar-refractivity contribution is 5.97. The summed E-state index contributed by atoms with van der Waals surface area (Å²) in [5.74, 6) is -2.15. The molecule has 2 amide bonds. The number of rotatable bonds is 12. The SMILES string of the molecule is NCCCCC(NC(=O)COCC(=O)O)C(=O)Nc1ccc(CO)cc1. The van der Waals surface area contributed by atoms with Gasteiger partial charge in [0.25, 0.3) is 0 Å². The van der Waals surface area contributed by atoms with Gasteiger partial charge in [-0.2, -0.15) is 0 Å². The number of aliphatic hydroxyl groups is 1. The zero-order valence-electron chi connectivity index (χ0n) is 14.4. The lowest BCUT2D eigenvalue weighted by Crippen LogP contribution is -2.45. The van der Waals surface area contributed by atoms with Crippen LogP contribution in [-0.4, -0.2) is 53.8 Å². The Labute approximate surface area is 151 Å². The molecule has 0 saturated heterocycles. The first-order valence-corrected chi connectivity index (χ1v) is 8.26. The van der Waals surface area contributed by atoms with Crippen LogP contribution in [0.25, 0.3) is 0 Å². The predicted octanol–water partition coefficient (Wildman–Crippen LogP) is -0.168. The van der Waals surface area contributed by atoms with E-state index in [0.717, 1.165) is 0 Å². The normalized spacial score (nSPS) is 11.6. The number of hydrogen-bond donors (Lipinski definition) is 5. The third-order valence-electron chi connectivity index (χ3n) is 3.46. The quantitative estimate of drug-likeness (QED) is 0.322. The smallest absolute Gasteiger partial charge is 0.329 e. The second kappa shape index (κ2) is 12.0. The summed E-state index contributed by atoms with van der Waals surface area (Å²) in [5.41, 5.74) is 6.70. The Morgan fingerprint density at radius 2 is 1.81 bits per heavy atom. The van der Waals surface area contributed by atoms with Crippen molar-refractivity contribution in [3.8, 4) is 0 Å². The van der Waals surface area contributed by atoms with Crippen molar-refractivity contribution in [1.29, 1.82) is 0 Å². The van der Waals surface area contributed by atoms with Crippen molar-refractivity contribution in [3.63, 3.8) is 0 Å². The van der Waals surface area contributed by atoms with E-state index in [9.17, 15) is 14.4 Å². The lowest BCUT2D eigenvalue weighted by molar-refractivity contribution is -0.144. The average molecular weight is 367 g/mol. The number of benzene rings is 1. The van der Waals surface area contributed by atoms with E-state index < -0.39 is 37.0 Å². The van der Waals surface area contributed by atoms with Gasteiger partial charge in [-0.25, -0.2) is 4.79 Å². The van der Waals surface area contributed by atoms with Crippen molar-refractivity contribution >= 4 is 23.5 Å². The van der Waals surface area contributed by atoms with Gasteiger partial charge >= 0.3 is 5.97 Å². The molecule has 1 atom stereocenters. The Kier molecular flexibility index (Phi) is 9.91. The van der Waals surface area contributed by atoms with Crippen LogP contribution < -0.4 is 16.4 Å². The Bertz CT molecular complexity index is 591. The minimum atomic E-state index is -1.18. The first-order valence-electron chi connectivity index (χ1n) is 8.26. The molecule has 0 heterocycles. The van der Waals surface area contributed by atoms with Gasteiger partial charge in [0.2, 0.25) is 11.8 Å². The van der Waals surface area contributed by atoms with Crippen LogP contribution in [0, 0.1) is 0 Å². The molecule has 0 aliphatic carbocycles. The summed E-state index contributed by atoms with van der Waals surface area (Å²) in [6.45, 7) is -0.651. The van der Waals surface area contributed by atoms with E-state index in [1.54, 1.807) is 24.3 Å². The molecular weight excluding hydrogens is 342 g/mol. The second-order valence-corrected chi connectivity index (χ2v) is 5.64. The minimum absolute atomic E-state index is 0.0949. The summed E-state index contributed by atoms with van der Waals surface area (Å²) in [6.07, 6.45) is 1.75. The third kappa shape index (κ3) is 8.56. The van der Waals surface area contributed by atoms with Crippen LogP contribution >= 0.6 is 0 Å². The van der Waals surface area contributed by atoms with Crippen LogP contribution in [0.1, 0.15) is 24.8 Å². The van der Waals surface area contributed by atoms with Gasteiger partial charge in [0, 0.05) is 5.69 Å². The predicted molar refractivity (Wildman–Crippen MR) is 94.3 cm³/mol. The molecule has 0 bridgehead atoms. The Morgan fingerprint density at radius 3 is 2.38 bits per heavy atom. The summed E-state index contributed by atoms with van der Waals surface area (Å²) in [5, 5.41) is 22.8. The maximum atomic E-state index is 12.4.